The van der Waals surface area contributed by atoms with E-state index in [4.69, 9.17) is 9.84 Å². The van der Waals surface area contributed by atoms with Crippen LogP contribution in [0.5, 0.6) is 0 Å². The van der Waals surface area contributed by atoms with Gasteiger partial charge >= 0.3 is 12.0 Å². The van der Waals surface area contributed by atoms with Gasteiger partial charge in [-0.1, -0.05) is 32.6 Å². The molecule has 1 aliphatic carbocycles. The number of methoxy groups -OCH3 is 1. The minimum atomic E-state index is -1.04. The lowest BCUT2D eigenvalue weighted by Gasteiger charge is -2.26. The molecule has 1 fully saturated rings. The Morgan fingerprint density at radius 1 is 1.29 bits per heavy atom. The van der Waals surface area contributed by atoms with E-state index in [2.05, 4.69) is 17.6 Å². The molecule has 3 N–H and O–H groups in total. The van der Waals surface area contributed by atoms with E-state index in [1.165, 1.54) is 32.8 Å². The van der Waals surface area contributed by atoms with Gasteiger partial charge in [-0.3, -0.25) is 0 Å². The molecular formula is C15H28N2O4. The van der Waals surface area contributed by atoms with Crippen LogP contribution in [0.3, 0.4) is 0 Å². The molecule has 0 saturated heterocycles. The molecule has 0 aromatic carbocycles. The molecule has 6 heteroatoms. The summed E-state index contributed by atoms with van der Waals surface area (Å²) in [6.45, 7) is 3.19. The van der Waals surface area contributed by atoms with Crippen LogP contribution in [-0.4, -0.2) is 43.4 Å². The van der Waals surface area contributed by atoms with Gasteiger partial charge < -0.3 is 20.5 Å². The molecule has 0 spiro atoms. The summed E-state index contributed by atoms with van der Waals surface area (Å²) in [5, 5.41) is 14.2. The van der Waals surface area contributed by atoms with Gasteiger partial charge in [-0.15, -0.1) is 0 Å². The van der Waals surface area contributed by atoms with Crippen LogP contribution in [0, 0.1) is 11.8 Å². The average molecular weight is 300 g/mol. The van der Waals surface area contributed by atoms with Crippen LogP contribution in [0.2, 0.25) is 0 Å². The van der Waals surface area contributed by atoms with Crippen LogP contribution in [0.4, 0.5) is 4.79 Å². The van der Waals surface area contributed by atoms with Crippen molar-refractivity contribution in [2.45, 2.75) is 51.5 Å². The van der Waals surface area contributed by atoms with Crippen molar-refractivity contribution < 1.29 is 19.4 Å². The third-order valence-corrected chi connectivity index (χ3v) is 4.19. The van der Waals surface area contributed by atoms with Crippen molar-refractivity contribution in [1.82, 2.24) is 10.6 Å². The van der Waals surface area contributed by atoms with E-state index in [0.29, 0.717) is 19.1 Å². The Hall–Kier alpha value is -1.30. The van der Waals surface area contributed by atoms with Gasteiger partial charge in [0.1, 0.15) is 6.04 Å². The molecule has 1 aliphatic rings. The molecule has 0 radical (unpaired) electrons. The van der Waals surface area contributed by atoms with Gasteiger partial charge in [0.15, 0.2) is 0 Å². The number of carboxylic acids is 1. The monoisotopic (exact) mass is 300 g/mol. The lowest BCUT2D eigenvalue weighted by molar-refractivity contribution is -0.139. The van der Waals surface area contributed by atoms with Gasteiger partial charge in [-0.25, -0.2) is 9.59 Å². The van der Waals surface area contributed by atoms with Crippen LogP contribution < -0.4 is 10.6 Å². The average Bonchev–Trinajstić information content (AvgIpc) is 2.45. The maximum Gasteiger partial charge on any atom is 0.326 e. The van der Waals surface area contributed by atoms with Crippen LogP contribution in [-0.2, 0) is 9.53 Å². The Bertz CT molecular complexity index is 328. The first-order valence-electron chi connectivity index (χ1n) is 7.79. The van der Waals surface area contributed by atoms with Crippen molar-refractivity contribution in [3.8, 4) is 0 Å². The minimum Gasteiger partial charge on any atom is -0.480 e. The van der Waals surface area contributed by atoms with Gasteiger partial charge in [0.2, 0.25) is 0 Å². The van der Waals surface area contributed by atoms with E-state index in [-0.39, 0.29) is 6.42 Å². The normalized spacial score (nSPS) is 23.3. The third kappa shape index (κ3) is 7.32. The highest BCUT2D eigenvalue weighted by Crippen LogP contribution is 2.29. The van der Waals surface area contributed by atoms with Crippen molar-refractivity contribution in [2.75, 3.05) is 20.3 Å². The molecule has 1 unspecified atom stereocenters. The Balaban J connectivity index is 2.18. The molecule has 0 aliphatic heterocycles. The first-order valence-corrected chi connectivity index (χ1v) is 7.79. The molecule has 21 heavy (non-hydrogen) atoms. The van der Waals surface area contributed by atoms with Gasteiger partial charge in [0, 0.05) is 26.7 Å². The largest absolute Gasteiger partial charge is 0.480 e. The van der Waals surface area contributed by atoms with Crippen LogP contribution in [0.15, 0.2) is 0 Å². The third-order valence-electron chi connectivity index (χ3n) is 4.19. The van der Waals surface area contributed by atoms with Crippen molar-refractivity contribution >= 4 is 12.0 Å². The predicted octanol–water partition coefficient (Wildman–Crippen LogP) is 1.99. The number of carbonyl (C=O) groups excluding carboxylic acids is 1. The van der Waals surface area contributed by atoms with Crippen LogP contribution >= 0.6 is 0 Å². The second-order valence-corrected chi connectivity index (χ2v) is 5.99. The molecule has 1 rings (SSSR count). The van der Waals surface area contributed by atoms with Crippen molar-refractivity contribution in [2.24, 2.45) is 11.8 Å². The summed E-state index contributed by atoms with van der Waals surface area (Å²) in [5.74, 6) is 0.475. The second-order valence-electron chi connectivity index (χ2n) is 5.99. The van der Waals surface area contributed by atoms with Gasteiger partial charge in [-0.05, 0) is 18.3 Å². The summed E-state index contributed by atoms with van der Waals surface area (Å²) in [6, 6.07) is -1.32. The smallest absolute Gasteiger partial charge is 0.326 e. The molecule has 6 nitrogen and oxygen atoms in total. The number of rotatable bonds is 8. The molecule has 2 amide bonds. The summed E-state index contributed by atoms with van der Waals surface area (Å²) in [6.07, 6.45) is 6.24. The van der Waals surface area contributed by atoms with Crippen LogP contribution in [0.1, 0.15) is 45.4 Å². The summed E-state index contributed by atoms with van der Waals surface area (Å²) < 4.78 is 4.84. The molecule has 122 valence electrons. The lowest BCUT2D eigenvalue weighted by atomic mass is 9.81. The molecule has 1 saturated carbocycles. The highest BCUT2D eigenvalue weighted by Gasteiger charge is 2.20. The number of hydrogen-bond donors (Lipinski definition) is 3. The summed E-state index contributed by atoms with van der Waals surface area (Å²) in [5.41, 5.74) is 0. The fourth-order valence-corrected chi connectivity index (χ4v) is 2.71. The molecule has 1 atom stereocenters. The fourth-order valence-electron chi connectivity index (χ4n) is 2.71. The zero-order valence-corrected chi connectivity index (χ0v) is 13.1. The number of nitrogens with one attached hydrogen (secondary N) is 2. The Labute approximate surface area is 126 Å². The van der Waals surface area contributed by atoms with Crippen LogP contribution in [0.25, 0.3) is 0 Å². The zero-order chi connectivity index (χ0) is 15.7. The Kier molecular flexibility index (Phi) is 8.12. The number of urea groups is 1. The first-order chi connectivity index (χ1) is 10.0. The SMILES string of the molecule is COCCC(NC(=O)NCCC1CCC(C)CC1)C(=O)O. The van der Waals surface area contributed by atoms with Gasteiger partial charge in [0.25, 0.3) is 0 Å². The van der Waals surface area contributed by atoms with Crippen molar-refractivity contribution in [3.63, 3.8) is 0 Å². The summed E-state index contributed by atoms with van der Waals surface area (Å²) in [7, 11) is 1.50. The van der Waals surface area contributed by atoms with E-state index >= 15 is 0 Å². The molecule has 0 aromatic rings. The standard InChI is InChI=1S/C15H28N2O4/c1-11-3-5-12(6-4-11)7-9-16-15(20)17-13(14(18)19)8-10-21-2/h11-13H,3-10H2,1-2H3,(H,18,19)(H2,16,17,20). The number of ether oxygens (including phenoxy) is 1. The highest BCUT2D eigenvalue weighted by molar-refractivity contribution is 5.82. The Morgan fingerprint density at radius 2 is 1.95 bits per heavy atom. The van der Waals surface area contributed by atoms with E-state index < -0.39 is 18.0 Å². The number of carboxylic acid groups (broad SMARTS) is 1. The van der Waals surface area contributed by atoms with E-state index in [1.54, 1.807) is 0 Å². The number of hydrogen-bond acceptors (Lipinski definition) is 3. The zero-order valence-electron chi connectivity index (χ0n) is 13.1. The van der Waals surface area contributed by atoms with E-state index in [0.717, 1.165) is 12.3 Å². The quantitative estimate of drug-likeness (QED) is 0.639. The van der Waals surface area contributed by atoms with Gasteiger partial charge in [-0.2, -0.15) is 0 Å². The molecular weight excluding hydrogens is 272 g/mol. The summed E-state index contributed by atoms with van der Waals surface area (Å²) >= 11 is 0. The Morgan fingerprint density at radius 3 is 2.52 bits per heavy atom. The predicted molar refractivity (Wildman–Crippen MR) is 80.2 cm³/mol. The fraction of sp³-hybridized carbons (Fsp3) is 0.867. The van der Waals surface area contributed by atoms with E-state index in [9.17, 15) is 9.59 Å². The number of carbonyl (C=O) groups is 2. The number of aliphatic carboxylic acids is 1. The second kappa shape index (κ2) is 9.60. The number of amides is 2. The molecule has 0 bridgehead atoms. The van der Waals surface area contributed by atoms with Crippen molar-refractivity contribution in [1.29, 1.82) is 0 Å². The highest BCUT2D eigenvalue weighted by atomic mass is 16.5. The minimum absolute atomic E-state index is 0.264. The summed E-state index contributed by atoms with van der Waals surface area (Å²) in [4.78, 5) is 22.7. The topological polar surface area (TPSA) is 87.7 Å². The molecule has 0 heterocycles. The maximum absolute atomic E-state index is 11.7. The van der Waals surface area contributed by atoms with Gasteiger partial charge in [0.05, 0.1) is 0 Å². The van der Waals surface area contributed by atoms with Crippen molar-refractivity contribution in [3.05, 3.63) is 0 Å². The first kappa shape index (κ1) is 17.8. The molecule has 0 aromatic heterocycles. The lowest BCUT2D eigenvalue weighted by Crippen LogP contribution is -2.46. The maximum atomic E-state index is 11.7. The van der Waals surface area contributed by atoms with E-state index in [1.807, 2.05) is 0 Å².